The molecule has 0 saturated carbocycles. The van der Waals surface area contributed by atoms with Gasteiger partial charge in [-0.2, -0.15) is 0 Å². The van der Waals surface area contributed by atoms with Gasteiger partial charge in [-0.05, 0) is 52.4 Å². The van der Waals surface area contributed by atoms with E-state index >= 15 is 0 Å². The van der Waals surface area contributed by atoms with E-state index in [1.165, 1.54) is 23.6 Å². The molecule has 4 amide bonds. The number of carbonyl (C=O) groups is 5. The van der Waals surface area contributed by atoms with Crippen LogP contribution >= 0.6 is 0 Å². The SMILES string of the molecule is C[C@H](N)C(=O)N[C@@H](CCCN=C(N)N)C(=O)N1CCC[C@H]1C(=O)N1CCC[C@H]1C(=O)N[C@@H](C)C(=O)O. The van der Waals surface area contributed by atoms with E-state index in [0.717, 1.165) is 0 Å². The van der Waals surface area contributed by atoms with Gasteiger partial charge in [0.15, 0.2) is 5.96 Å². The molecule has 2 heterocycles. The molecule has 0 aromatic heterocycles. The van der Waals surface area contributed by atoms with Crippen LogP contribution in [0.3, 0.4) is 0 Å². The Balaban J connectivity index is 2.14. The molecule has 36 heavy (non-hydrogen) atoms. The Morgan fingerprint density at radius 3 is 2.19 bits per heavy atom. The second-order valence-corrected chi connectivity index (χ2v) is 9.25. The number of guanidine groups is 1. The summed E-state index contributed by atoms with van der Waals surface area (Å²) in [4.78, 5) is 69.7. The second kappa shape index (κ2) is 13.0. The molecule has 2 fully saturated rings. The summed E-state index contributed by atoms with van der Waals surface area (Å²) in [5, 5.41) is 14.1. The molecule has 14 heteroatoms. The molecule has 5 atom stereocenters. The Hall–Kier alpha value is -3.42. The average molecular weight is 511 g/mol. The van der Waals surface area contributed by atoms with Crippen LogP contribution in [0.5, 0.6) is 0 Å². The lowest BCUT2D eigenvalue weighted by Gasteiger charge is -2.33. The topological polar surface area (TPSA) is 227 Å². The third-order valence-electron chi connectivity index (χ3n) is 6.36. The van der Waals surface area contributed by atoms with Crippen molar-refractivity contribution in [3.05, 3.63) is 0 Å². The molecule has 2 aliphatic heterocycles. The number of aliphatic imine (C=N–C) groups is 1. The summed E-state index contributed by atoms with van der Waals surface area (Å²) in [5.74, 6) is -3.06. The number of carbonyl (C=O) groups excluding carboxylic acids is 4. The molecule has 14 nitrogen and oxygen atoms in total. The fourth-order valence-electron chi connectivity index (χ4n) is 4.42. The van der Waals surface area contributed by atoms with Crippen LogP contribution in [-0.4, -0.2) is 100 Å². The van der Waals surface area contributed by atoms with Crippen LogP contribution in [0.2, 0.25) is 0 Å². The fourth-order valence-corrected chi connectivity index (χ4v) is 4.42. The summed E-state index contributed by atoms with van der Waals surface area (Å²) in [5.41, 5.74) is 16.3. The first-order chi connectivity index (χ1) is 16.9. The van der Waals surface area contributed by atoms with Crippen LogP contribution in [0.25, 0.3) is 0 Å². The maximum absolute atomic E-state index is 13.5. The Labute approximate surface area is 210 Å². The van der Waals surface area contributed by atoms with Gasteiger partial charge in [0, 0.05) is 19.6 Å². The van der Waals surface area contributed by atoms with Crippen LogP contribution < -0.4 is 27.8 Å². The molecular formula is C22H38N8O6. The molecule has 0 aliphatic carbocycles. The summed E-state index contributed by atoms with van der Waals surface area (Å²) in [6, 6.07) is -4.42. The van der Waals surface area contributed by atoms with Crippen molar-refractivity contribution in [3.8, 4) is 0 Å². The largest absolute Gasteiger partial charge is 0.480 e. The first-order valence-corrected chi connectivity index (χ1v) is 12.2. The molecule has 0 unspecified atom stereocenters. The number of hydrogen-bond acceptors (Lipinski definition) is 7. The minimum absolute atomic E-state index is 0.0790. The van der Waals surface area contributed by atoms with Gasteiger partial charge in [0.25, 0.3) is 0 Å². The highest BCUT2D eigenvalue weighted by molar-refractivity contribution is 5.96. The van der Waals surface area contributed by atoms with Gasteiger partial charge in [-0.1, -0.05) is 0 Å². The van der Waals surface area contributed by atoms with E-state index in [1.54, 1.807) is 0 Å². The van der Waals surface area contributed by atoms with Gasteiger partial charge in [0.2, 0.25) is 23.6 Å². The minimum Gasteiger partial charge on any atom is -0.480 e. The molecule has 202 valence electrons. The number of aliphatic carboxylic acids is 1. The van der Waals surface area contributed by atoms with Crippen LogP contribution in [0.15, 0.2) is 4.99 Å². The van der Waals surface area contributed by atoms with Crippen LogP contribution in [-0.2, 0) is 24.0 Å². The Morgan fingerprint density at radius 2 is 1.61 bits per heavy atom. The quantitative estimate of drug-likeness (QED) is 0.0974. The third kappa shape index (κ3) is 7.54. The third-order valence-corrected chi connectivity index (χ3v) is 6.36. The second-order valence-electron chi connectivity index (χ2n) is 9.25. The number of rotatable bonds is 11. The van der Waals surface area contributed by atoms with E-state index in [0.29, 0.717) is 45.2 Å². The van der Waals surface area contributed by atoms with Gasteiger partial charge < -0.3 is 42.7 Å². The number of nitrogens with two attached hydrogens (primary N) is 3. The van der Waals surface area contributed by atoms with E-state index in [-0.39, 0.29) is 24.8 Å². The maximum Gasteiger partial charge on any atom is 0.325 e. The molecule has 0 aromatic carbocycles. The van der Waals surface area contributed by atoms with E-state index in [2.05, 4.69) is 15.6 Å². The van der Waals surface area contributed by atoms with Crippen molar-refractivity contribution in [2.45, 2.75) is 82.6 Å². The summed E-state index contributed by atoms with van der Waals surface area (Å²) in [7, 11) is 0. The van der Waals surface area contributed by atoms with Gasteiger partial charge in [0.05, 0.1) is 6.04 Å². The lowest BCUT2D eigenvalue weighted by molar-refractivity contribution is -0.148. The number of nitrogens with zero attached hydrogens (tertiary/aromatic N) is 3. The first kappa shape index (κ1) is 28.8. The summed E-state index contributed by atoms with van der Waals surface area (Å²) in [6.07, 6.45) is 2.66. The van der Waals surface area contributed by atoms with Crippen molar-refractivity contribution in [2.75, 3.05) is 19.6 Å². The predicted molar refractivity (Wildman–Crippen MR) is 130 cm³/mol. The Kier molecular flexibility index (Phi) is 10.4. The summed E-state index contributed by atoms with van der Waals surface area (Å²) in [6.45, 7) is 3.78. The van der Waals surface area contributed by atoms with Crippen LogP contribution in [0.4, 0.5) is 0 Å². The van der Waals surface area contributed by atoms with Crippen LogP contribution in [0, 0.1) is 0 Å². The van der Waals surface area contributed by atoms with Gasteiger partial charge in [-0.25, -0.2) is 0 Å². The van der Waals surface area contributed by atoms with E-state index in [4.69, 9.17) is 22.3 Å². The fraction of sp³-hybridized carbons (Fsp3) is 0.727. The zero-order valence-corrected chi connectivity index (χ0v) is 20.8. The average Bonchev–Trinajstić information content (AvgIpc) is 3.49. The van der Waals surface area contributed by atoms with E-state index in [9.17, 15) is 24.0 Å². The van der Waals surface area contributed by atoms with E-state index in [1.807, 2.05) is 0 Å². The standard InChI is InChI=1S/C22H38N8O6/c1-12(23)17(31)28-14(6-3-9-26-22(24)25)19(33)30-11-5-8-16(30)20(34)29-10-4-7-15(29)18(32)27-13(2)21(35)36/h12-16H,3-11,23H2,1-2H3,(H,27,32)(H,28,31)(H,35,36)(H4,24,25,26)/t12-,13-,14-,15-,16-/m0/s1. The summed E-state index contributed by atoms with van der Waals surface area (Å²) >= 11 is 0. The highest BCUT2D eigenvalue weighted by Gasteiger charge is 2.43. The van der Waals surface area contributed by atoms with E-state index < -0.39 is 53.9 Å². The number of nitrogens with one attached hydrogen (secondary N) is 2. The maximum atomic E-state index is 13.5. The minimum atomic E-state index is -1.17. The van der Waals surface area contributed by atoms with Gasteiger partial charge in [-0.3, -0.25) is 29.0 Å². The van der Waals surface area contributed by atoms with Crippen LogP contribution in [0.1, 0.15) is 52.4 Å². The van der Waals surface area contributed by atoms with Crippen molar-refractivity contribution in [1.82, 2.24) is 20.4 Å². The van der Waals surface area contributed by atoms with Gasteiger partial charge in [0.1, 0.15) is 24.2 Å². The highest BCUT2D eigenvalue weighted by atomic mass is 16.4. The molecular weight excluding hydrogens is 472 g/mol. The predicted octanol–water partition coefficient (Wildman–Crippen LogP) is -2.56. The lowest BCUT2D eigenvalue weighted by Crippen LogP contribution is -2.57. The first-order valence-electron chi connectivity index (χ1n) is 12.2. The number of carboxylic acids is 1. The highest BCUT2D eigenvalue weighted by Crippen LogP contribution is 2.26. The van der Waals surface area contributed by atoms with Crippen molar-refractivity contribution in [1.29, 1.82) is 0 Å². The number of carboxylic acid groups (broad SMARTS) is 1. The zero-order valence-electron chi connectivity index (χ0n) is 20.8. The van der Waals surface area contributed by atoms with Crippen molar-refractivity contribution in [3.63, 3.8) is 0 Å². The Morgan fingerprint density at radius 1 is 1.00 bits per heavy atom. The monoisotopic (exact) mass is 510 g/mol. The van der Waals surface area contributed by atoms with Crippen molar-refractivity contribution < 1.29 is 29.1 Å². The Bertz CT molecular complexity index is 875. The lowest BCUT2D eigenvalue weighted by atomic mass is 10.1. The van der Waals surface area contributed by atoms with Crippen molar-refractivity contribution >= 4 is 35.6 Å². The molecule has 2 saturated heterocycles. The number of hydrogen-bond donors (Lipinski definition) is 6. The molecule has 2 rings (SSSR count). The van der Waals surface area contributed by atoms with Crippen molar-refractivity contribution in [2.24, 2.45) is 22.2 Å². The number of likely N-dealkylation sites (tertiary alicyclic amines) is 2. The molecule has 0 aromatic rings. The molecule has 0 radical (unpaired) electrons. The normalized spacial score (nSPS) is 21.9. The molecule has 9 N–H and O–H groups in total. The van der Waals surface area contributed by atoms with Gasteiger partial charge in [-0.15, -0.1) is 0 Å². The van der Waals surface area contributed by atoms with Gasteiger partial charge >= 0.3 is 5.97 Å². The summed E-state index contributed by atoms with van der Waals surface area (Å²) < 4.78 is 0. The molecule has 0 spiro atoms. The number of amides is 4. The zero-order chi connectivity index (χ0) is 27.0. The molecule has 0 bridgehead atoms. The smallest absolute Gasteiger partial charge is 0.325 e. The molecule has 2 aliphatic rings.